The molecule has 13 heavy (non-hydrogen) atoms. The maximum atomic E-state index is 12.8. The Morgan fingerprint density at radius 1 is 1.62 bits per heavy atom. The highest BCUT2D eigenvalue weighted by atomic mass is 79.9. The molecule has 70 valence electrons. The van der Waals surface area contributed by atoms with Crippen LogP contribution < -0.4 is 5.73 Å². The molecule has 0 amide bonds. The number of alkyl halides is 1. The van der Waals surface area contributed by atoms with Gasteiger partial charge in [-0.1, -0.05) is 27.5 Å². The summed E-state index contributed by atoms with van der Waals surface area (Å²) in [4.78, 5) is 11.2. The molecule has 0 fully saturated rings. The Morgan fingerprint density at radius 2 is 2.23 bits per heavy atom. The minimum absolute atomic E-state index is 0.0237. The van der Waals surface area contributed by atoms with Gasteiger partial charge < -0.3 is 5.73 Å². The van der Waals surface area contributed by atoms with E-state index >= 15 is 0 Å². The summed E-state index contributed by atoms with van der Waals surface area (Å²) in [5.41, 5.74) is 5.35. The van der Waals surface area contributed by atoms with E-state index in [9.17, 15) is 9.18 Å². The lowest BCUT2D eigenvalue weighted by atomic mass is 10.1. The summed E-state index contributed by atoms with van der Waals surface area (Å²) in [6, 6.07) is 2.44. The van der Waals surface area contributed by atoms with Crippen molar-refractivity contribution in [1.29, 1.82) is 0 Å². The zero-order chi connectivity index (χ0) is 10.0. The minimum Gasteiger partial charge on any atom is -0.395 e. The maximum absolute atomic E-state index is 12.8. The summed E-state index contributed by atoms with van der Waals surface area (Å²) in [5.74, 6) is -0.840. The standard InChI is InChI=1S/C8H6BrClFNO/c9-3-6(13)4-1-2-5(11)8(12)7(4)10/h1-2H,3,12H2. The molecule has 0 aliphatic carbocycles. The topological polar surface area (TPSA) is 43.1 Å². The molecule has 0 aliphatic heterocycles. The first-order chi connectivity index (χ1) is 6.07. The predicted octanol–water partition coefficient (Wildman–Crippen LogP) is 2.64. The smallest absolute Gasteiger partial charge is 0.174 e. The van der Waals surface area contributed by atoms with Crippen LogP contribution in [0.25, 0.3) is 0 Å². The maximum Gasteiger partial charge on any atom is 0.174 e. The van der Waals surface area contributed by atoms with E-state index in [-0.39, 0.29) is 27.4 Å². The van der Waals surface area contributed by atoms with Crippen LogP contribution in [-0.2, 0) is 0 Å². The van der Waals surface area contributed by atoms with E-state index in [0.29, 0.717) is 0 Å². The Kier molecular flexibility index (Phi) is 3.27. The molecule has 0 saturated carbocycles. The third-order valence-corrected chi connectivity index (χ3v) is 2.46. The summed E-state index contributed by atoms with van der Waals surface area (Å²) in [7, 11) is 0. The van der Waals surface area contributed by atoms with Crippen molar-refractivity contribution in [3.63, 3.8) is 0 Å². The minimum atomic E-state index is -0.615. The van der Waals surface area contributed by atoms with E-state index in [1.54, 1.807) is 0 Å². The summed E-state index contributed by atoms with van der Waals surface area (Å²) in [6.45, 7) is 0. The number of nitrogen functional groups attached to an aromatic ring is 1. The first kappa shape index (κ1) is 10.5. The zero-order valence-electron chi connectivity index (χ0n) is 6.48. The number of nitrogens with two attached hydrogens (primary N) is 1. The summed E-state index contributed by atoms with van der Waals surface area (Å²) in [6.07, 6.45) is 0. The van der Waals surface area contributed by atoms with Crippen molar-refractivity contribution in [2.24, 2.45) is 0 Å². The molecule has 0 heterocycles. The Balaban J connectivity index is 3.26. The third kappa shape index (κ3) is 2.00. The van der Waals surface area contributed by atoms with Gasteiger partial charge in [0, 0.05) is 5.56 Å². The molecule has 1 aromatic carbocycles. The first-order valence-corrected chi connectivity index (χ1v) is 4.90. The van der Waals surface area contributed by atoms with Crippen LogP contribution in [0.1, 0.15) is 10.4 Å². The Hall–Kier alpha value is -0.610. The fourth-order valence-electron chi connectivity index (χ4n) is 0.857. The lowest BCUT2D eigenvalue weighted by molar-refractivity contribution is 0.102. The van der Waals surface area contributed by atoms with Crippen molar-refractivity contribution in [2.45, 2.75) is 0 Å². The molecule has 0 unspecified atom stereocenters. The van der Waals surface area contributed by atoms with E-state index in [1.807, 2.05) is 0 Å². The fourth-order valence-corrected chi connectivity index (χ4v) is 1.42. The molecule has 0 saturated heterocycles. The van der Waals surface area contributed by atoms with Crippen molar-refractivity contribution < 1.29 is 9.18 Å². The number of hydrogen-bond donors (Lipinski definition) is 1. The summed E-state index contributed by atoms with van der Waals surface area (Å²) >= 11 is 8.65. The molecule has 1 aromatic rings. The predicted molar refractivity (Wildman–Crippen MR) is 53.9 cm³/mol. The number of carbonyl (C=O) groups excluding carboxylic acids is 1. The number of halogens is 3. The average molecular weight is 266 g/mol. The highest BCUT2D eigenvalue weighted by molar-refractivity contribution is 9.09. The second kappa shape index (κ2) is 4.07. The van der Waals surface area contributed by atoms with Gasteiger partial charge in [-0.25, -0.2) is 4.39 Å². The van der Waals surface area contributed by atoms with E-state index in [2.05, 4.69) is 15.9 Å². The molecule has 0 atom stereocenters. The normalized spacial score (nSPS) is 10.1. The van der Waals surface area contributed by atoms with Crippen LogP contribution in [0.2, 0.25) is 5.02 Å². The van der Waals surface area contributed by atoms with Crippen molar-refractivity contribution in [1.82, 2.24) is 0 Å². The molecular weight excluding hydrogens is 260 g/mol. The van der Waals surface area contributed by atoms with Crippen LogP contribution in [0.4, 0.5) is 10.1 Å². The van der Waals surface area contributed by atoms with Gasteiger partial charge in [0.15, 0.2) is 5.78 Å². The van der Waals surface area contributed by atoms with E-state index in [1.165, 1.54) is 6.07 Å². The number of rotatable bonds is 2. The van der Waals surface area contributed by atoms with Crippen molar-refractivity contribution in [3.05, 3.63) is 28.5 Å². The largest absolute Gasteiger partial charge is 0.395 e. The molecule has 0 bridgehead atoms. The second-order valence-corrected chi connectivity index (χ2v) is 3.32. The Labute approximate surface area is 88.0 Å². The van der Waals surface area contributed by atoms with Gasteiger partial charge in [-0.3, -0.25) is 4.79 Å². The number of carbonyl (C=O) groups is 1. The zero-order valence-corrected chi connectivity index (χ0v) is 8.82. The van der Waals surface area contributed by atoms with E-state index < -0.39 is 5.82 Å². The molecule has 0 aliphatic rings. The van der Waals surface area contributed by atoms with Gasteiger partial charge in [0.25, 0.3) is 0 Å². The Morgan fingerprint density at radius 3 is 2.77 bits per heavy atom. The van der Waals surface area contributed by atoms with Gasteiger partial charge in [0.1, 0.15) is 5.82 Å². The Bertz CT molecular complexity index is 356. The van der Waals surface area contributed by atoms with Crippen LogP contribution in [0.5, 0.6) is 0 Å². The number of hydrogen-bond acceptors (Lipinski definition) is 2. The van der Waals surface area contributed by atoms with Gasteiger partial charge in [-0.2, -0.15) is 0 Å². The van der Waals surface area contributed by atoms with Gasteiger partial charge in [0.2, 0.25) is 0 Å². The molecule has 0 aromatic heterocycles. The lowest BCUT2D eigenvalue weighted by Crippen LogP contribution is -2.04. The quantitative estimate of drug-likeness (QED) is 0.508. The van der Waals surface area contributed by atoms with Crippen molar-refractivity contribution >= 4 is 39.0 Å². The van der Waals surface area contributed by atoms with Crippen molar-refractivity contribution in [3.8, 4) is 0 Å². The molecular formula is C8H6BrClFNO. The number of anilines is 1. The molecule has 2 nitrogen and oxygen atoms in total. The highest BCUT2D eigenvalue weighted by Crippen LogP contribution is 2.26. The lowest BCUT2D eigenvalue weighted by Gasteiger charge is -2.04. The van der Waals surface area contributed by atoms with Crippen LogP contribution in [-0.4, -0.2) is 11.1 Å². The number of ketones is 1. The molecule has 1 rings (SSSR count). The summed E-state index contributed by atoms with van der Waals surface area (Å²) < 4.78 is 12.8. The van der Waals surface area contributed by atoms with E-state index in [4.69, 9.17) is 17.3 Å². The van der Waals surface area contributed by atoms with Crippen LogP contribution in [0.3, 0.4) is 0 Å². The first-order valence-electron chi connectivity index (χ1n) is 3.40. The molecule has 0 radical (unpaired) electrons. The molecule has 0 spiro atoms. The monoisotopic (exact) mass is 265 g/mol. The van der Waals surface area contributed by atoms with Crippen molar-refractivity contribution in [2.75, 3.05) is 11.1 Å². The number of Topliss-reactive ketones (excluding diaryl/α,β-unsaturated/α-hetero) is 1. The fraction of sp³-hybridized carbons (Fsp3) is 0.125. The van der Waals surface area contributed by atoms with Gasteiger partial charge in [-0.05, 0) is 12.1 Å². The third-order valence-electron chi connectivity index (χ3n) is 1.55. The SMILES string of the molecule is Nc1c(F)ccc(C(=O)CBr)c1Cl. The van der Waals surface area contributed by atoms with Crippen LogP contribution in [0.15, 0.2) is 12.1 Å². The second-order valence-electron chi connectivity index (χ2n) is 2.38. The van der Waals surface area contributed by atoms with Gasteiger partial charge >= 0.3 is 0 Å². The van der Waals surface area contributed by atoms with Crippen LogP contribution in [0, 0.1) is 5.82 Å². The van der Waals surface area contributed by atoms with Gasteiger partial charge in [0.05, 0.1) is 16.0 Å². The average Bonchev–Trinajstić information content (AvgIpc) is 2.13. The van der Waals surface area contributed by atoms with Crippen LogP contribution >= 0.6 is 27.5 Å². The molecule has 5 heteroatoms. The number of benzene rings is 1. The van der Waals surface area contributed by atoms with Gasteiger partial charge in [-0.15, -0.1) is 0 Å². The molecule has 2 N–H and O–H groups in total. The highest BCUT2D eigenvalue weighted by Gasteiger charge is 2.13. The summed E-state index contributed by atoms with van der Waals surface area (Å²) in [5, 5.41) is 0.113. The van der Waals surface area contributed by atoms with E-state index in [0.717, 1.165) is 6.07 Å².